The van der Waals surface area contributed by atoms with Gasteiger partial charge in [0.15, 0.2) is 11.0 Å². The number of benzene rings is 1. The molecule has 3 aromatic rings. The fraction of sp³-hybridized carbons (Fsp3) is 0.368. The largest absolute Gasteiger partial charge is 0.334 e. The maximum atomic E-state index is 13.2. The summed E-state index contributed by atoms with van der Waals surface area (Å²) < 4.78 is 17.1. The number of thioether (sulfide) groups is 1. The van der Waals surface area contributed by atoms with Gasteiger partial charge in [0.05, 0.1) is 6.54 Å². The molecule has 4 rings (SSSR count). The number of hydrogen-bond acceptors (Lipinski definition) is 5. The fourth-order valence-electron chi connectivity index (χ4n) is 3.62. The van der Waals surface area contributed by atoms with Gasteiger partial charge in [0.2, 0.25) is 0 Å². The second-order valence-corrected chi connectivity index (χ2v) is 7.41. The van der Waals surface area contributed by atoms with E-state index in [0.29, 0.717) is 25.1 Å². The number of aromatic nitrogens is 5. The molecule has 146 valence electrons. The maximum absolute atomic E-state index is 13.2. The third kappa shape index (κ3) is 3.09. The van der Waals surface area contributed by atoms with Gasteiger partial charge < -0.3 is 9.47 Å². The summed E-state index contributed by atoms with van der Waals surface area (Å²) in [5.41, 5.74) is 3.36. The molecule has 28 heavy (non-hydrogen) atoms. The van der Waals surface area contributed by atoms with Crippen molar-refractivity contribution < 1.29 is 9.18 Å². The third-order valence-corrected chi connectivity index (χ3v) is 5.72. The Bertz CT molecular complexity index is 1030. The lowest BCUT2D eigenvalue weighted by Crippen LogP contribution is -2.36. The van der Waals surface area contributed by atoms with Crippen molar-refractivity contribution >= 4 is 17.7 Å². The van der Waals surface area contributed by atoms with Gasteiger partial charge in [-0.15, -0.1) is 10.2 Å². The van der Waals surface area contributed by atoms with Crippen LogP contribution in [-0.4, -0.2) is 48.2 Å². The van der Waals surface area contributed by atoms with Crippen molar-refractivity contribution in [1.82, 2.24) is 29.4 Å². The molecule has 0 saturated carbocycles. The number of carbonyl (C=O) groups excluding carboxylic acids is 1. The van der Waals surface area contributed by atoms with E-state index in [2.05, 4.69) is 10.2 Å². The minimum absolute atomic E-state index is 0.109. The first kappa shape index (κ1) is 18.7. The number of carbonyl (C=O) groups is 1. The number of aryl methyl sites for hydroxylation is 1. The van der Waals surface area contributed by atoms with E-state index >= 15 is 0 Å². The molecule has 1 aliphatic rings. The van der Waals surface area contributed by atoms with Gasteiger partial charge in [-0.25, -0.2) is 4.39 Å². The van der Waals surface area contributed by atoms with Gasteiger partial charge in [0, 0.05) is 43.4 Å². The van der Waals surface area contributed by atoms with Crippen molar-refractivity contribution in [2.45, 2.75) is 31.6 Å². The van der Waals surface area contributed by atoms with Crippen molar-refractivity contribution in [3.8, 4) is 11.5 Å². The van der Waals surface area contributed by atoms with Crippen LogP contribution in [0.5, 0.6) is 0 Å². The minimum Gasteiger partial charge on any atom is -0.334 e. The van der Waals surface area contributed by atoms with E-state index < -0.39 is 0 Å². The Balaban J connectivity index is 1.70. The van der Waals surface area contributed by atoms with Gasteiger partial charge in [0.1, 0.15) is 11.5 Å². The predicted molar refractivity (Wildman–Crippen MR) is 105 cm³/mol. The summed E-state index contributed by atoms with van der Waals surface area (Å²) in [5, 5.41) is 14.2. The highest BCUT2D eigenvalue weighted by Crippen LogP contribution is 2.31. The van der Waals surface area contributed by atoms with Crippen molar-refractivity contribution in [3.05, 3.63) is 46.9 Å². The molecular formula is C19H21FN6OS. The van der Waals surface area contributed by atoms with Gasteiger partial charge in [-0.3, -0.25) is 9.48 Å². The van der Waals surface area contributed by atoms with Crippen molar-refractivity contribution in [1.29, 1.82) is 0 Å². The minimum atomic E-state index is -0.351. The van der Waals surface area contributed by atoms with Crippen LogP contribution >= 0.6 is 11.8 Å². The van der Waals surface area contributed by atoms with Crippen LogP contribution in [0.4, 0.5) is 4.39 Å². The molecule has 0 bridgehead atoms. The lowest BCUT2D eigenvalue weighted by atomic mass is 10.0. The first-order chi connectivity index (χ1) is 13.5. The molecule has 1 aliphatic heterocycles. The van der Waals surface area contributed by atoms with Gasteiger partial charge >= 0.3 is 0 Å². The van der Waals surface area contributed by atoms with E-state index in [-0.39, 0.29) is 11.7 Å². The predicted octanol–water partition coefficient (Wildman–Crippen LogP) is 2.76. The number of rotatable bonds is 4. The highest BCUT2D eigenvalue weighted by Gasteiger charge is 2.30. The lowest BCUT2D eigenvalue weighted by Gasteiger charge is -2.27. The summed E-state index contributed by atoms with van der Waals surface area (Å²) in [5.74, 6) is 0.262. The molecule has 0 unspecified atom stereocenters. The Morgan fingerprint density at radius 3 is 2.68 bits per heavy atom. The SMILES string of the molecule is CCn1c(SC)nnc1-c1nn(C)c2c1CN(C(=O)c1ccc(F)cc1)CC2. The van der Waals surface area contributed by atoms with Crippen LogP contribution in [0.25, 0.3) is 11.5 Å². The second-order valence-electron chi connectivity index (χ2n) is 6.64. The Morgan fingerprint density at radius 1 is 1.25 bits per heavy atom. The van der Waals surface area contributed by atoms with Crippen LogP contribution in [0, 0.1) is 5.82 Å². The first-order valence-electron chi connectivity index (χ1n) is 9.10. The molecule has 0 radical (unpaired) electrons. The van der Waals surface area contributed by atoms with Crippen LogP contribution in [0.2, 0.25) is 0 Å². The molecule has 0 atom stereocenters. The number of fused-ring (bicyclic) bond motifs is 1. The zero-order valence-electron chi connectivity index (χ0n) is 16.0. The van der Waals surface area contributed by atoms with Crippen molar-refractivity contribution in [3.63, 3.8) is 0 Å². The Morgan fingerprint density at radius 2 is 2.00 bits per heavy atom. The molecule has 0 aliphatic carbocycles. The molecule has 2 aromatic heterocycles. The number of amides is 1. The third-order valence-electron chi connectivity index (χ3n) is 5.05. The quantitative estimate of drug-likeness (QED) is 0.630. The van der Waals surface area contributed by atoms with Crippen molar-refractivity contribution in [2.75, 3.05) is 12.8 Å². The standard InChI is InChI=1S/C19H21FN6OS/c1-4-26-17(21-22-19(26)28-3)16-14-11-25(10-9-15(14)24(2)23-16)18(27)12-5-7-13(20)8-6-12/h5-8H,4,9-11H2,1-3H3. The summed E-state index contributed by atoms with van der Waals surface area (Å²) in [6.45, 7) is 3.83. The van der Waals surface area contributed by atoms with Crippen molar-refractivity contribution in [2.24, 2.45) is 7.05 Å². The average Bonchev–Trinajstić information content (AvgIpc) is 3.28. The maximum Gasteiger partial charge on any atom is 0.254 e. The topological polar surface area (TPSA) is 68.8 Å². The van der Waals surface area contributed by atoms with Gasteiger partial charge in [-0.05, 0) is 37.4 Å². The van der Waals surface area contributed by atoms with Crippen LogP contribution in [-0.2, 0) is 26.6 Å². The van der Waals surface area contributed by atoms with Crippen LogP contribution in [0.1, 0.15) is 28.5 Å². The Hall–Kier alpha value is -2.68. The molecule has 0 N–H and O–H groups in total. The molecule has 0 fully saturated rings. The average molecular weight is 400 g/mol. The van der Waals surface area contributed by atoms with Gasteiger partial charge in [0.25, 0.3) is 5.91 Å². The number of halogens is 1. The number of hydrogen-bond donors (Lipinski definition) is 0. The summed E-state index contributed by atoms with van der Waals surface area (Å²) in [7, 11) is 1.92. The monoisotopic (exact) mass is 400 g/mol. The summed E-state index contributed by atoms with van der Waals surface area (Å²) in [4.78, 5) is 14.7. The van der Waals surface area contributed by atoms with E-state index in [4.69, 9.17) is 5.10 Å². The fourth-order valence-corrected chi connectivity index (χ4v) is 4.18. The van der Waals surface area contributed by atoms with Gasteiger partial charge in [-0.2, -0.15) is 5.10 Å². The Labute approximate surface area is 166 Å². The molecular weight excluding hydrogens is 379 g/mol. The molecule has 1 aromatic carbocycles. The smallest absolute Gasteiger partial charge is 0.254 e. The molecule has 3 heterocycles. The van der Waals surface area contributed by atoms with E-state index in [1.807, 2.05) is 29.5 Å². The zero-order chi connectivity index (χ0) is 19.8. The van der Waals surface area contributed by atoms with Crippen LogP contribution in [0.15, 0.2) is 29.4 Å². The zero-order valence-corrected chi connectivity index (χ0v) is 16.8. The Kier molecular flexibility index (Phi) is 4.92. The summed E-state index contributed by atoms with van der Waals surface area (Å²) in [6, 6.07) is 5.67. The van der Waals surface area contributed by atoms with Gasteiger partial charge in [-0.1, -0.05) is 11.8 Å². The van der Waals surface area contributed by atoms with Crippen LogP contribution < -0.4 is 0 Å². The normalized spacial score (nSPS) is 13.6. The molecule has 9 heteroatoms. The van der Waals surface area contributed by atoms with E-state index in [0.717, 1.165) is 34.5 Å². The first-order valence-corrected chi connectivity index (χ1v) is 10.3. The van der Waals surface area contributed by atoms with E-state index in [9.17, 15) is 9.18 Å². The number of nitrogens with zero attached hydrogens (tertiary/aromatic N) is 6. The summed E-state index contributed by atoms with van der Waals surface area (Å²) >= 11 is 1.54. The molecule has 0 spiro atoms. The van der Waals surface area contributed by atoms with E-state index in [1.165, 1.54) is 24.3 Å². The van der Waals surface area contributed by atoms with Crippen LogP contribution in [0.3, 0.4) is 0 Å². The molecule has 0 saturated heterocycles. The second kappa shape index (κ2) is 7.38. The van der Waals surface area contributed by atoms with E-state index in [1.54, 1.807) is 16.7 Å². The molecule has 7 nitrogen and oxygen atoms in total. The highest BCUT2D eigenvalue weighted by molar-refractivity contribution is 7.98. The summed E-state index contributed by atoms with van der Waals surface area (Å²) in [6.07, 6.45) is 2.68. The highest BCUT2D eigenvalue weighted by atomic mass is 32.2. The lowest BCUT2D eigenvalue weighted by molar-refractivity contribution is 0.0733. The molecule has 1 amide bonds.